The van der Waals surface area contributed by atoms with Crippen LogP contribution in [0.15, 0.2) is 21.6 Å². The number of hydrogen-bond acceptors (Lipinski definition) is 3. The molecule has 0 heterocycles. The van der Waals surface area contributed by atoms with Crippen molar-refractivity contribution in [1.82, 2.24) is 5.32 Å². The van der Waals surface area contributed by atoms with Crippen LogP contribution in [0.2, 0.25) is 0 Å². The van der Waals surface area contributed by atoms with Gasteiger partial charge < -0.3 is 0 Å². The van der Waals surface area contributed by atoms with E-state index in [4.69, 9.17) is 5.26 Å². The molecule has 1 N–H and O–H groups in total. The first kappa shape index (κ1) is 13.8. The van der Waals surface area contributed by atoms with E-state index in [-0.39, 0.29) is 0 Å². The fourth-order valence-corrected chi connectivity index (χ4v) is 2.64. The summed E-state index contributed by atoms with van der Waals surface area (Å²) in [6.07, 6.45) is 3.75. The molecule has 1 aromatic rings. The van der Waals surface area contributed by atoms with Crippen molar-refractivity contribution in [3.63, 3.8) is 0 Å². The molecule has 6 heteroatoms. The van der Waals surface area contributed by atoms with E-state index in [1.165, 1.54) is 11.8 Å². The maximum atomic E-state index is 8.55. The predicted octanol–water partition coefficient (Wildman–Crippen LogP) is 3.78. The Labute approximate surface area is 121 Å². The van der Waals surface area contributed by atoms with Gasteiger partial charge in [-0.3, -0.25) is 5.32 Å². The number of aliphatic imine (C=N–C) groups is 1. The lowest BCUT2D eigenvalue weighted by Crippen LogP contribution is -2.12. The Morgan fingerprint density at radius 2 is 2.31 bits per heavy atom. The maximum Gasteiger partial charge on any atom is 0.183 e. The first-order valence-electron chi connectivity index (χ1n) is 4.32. The molecular weight excluding hydrogens is 401 g/mol. The van der Waals surface area contributed by atoms with E-state index >= 15 is 0 Å². The molecular formula is C10H9BrIN3S. The van der Waals surface area contributed by atoms with Crippen molar-refractivity contribution in [3.05, 3.63) is 25.7 Å². The van der Waals surface area contributed by atoms with Gasteiger partial charge in [-0.25, -0.2) is 4.99 Å². The molecule has 3 nitrogen and oxygen atoms in total. The van der Waals surface area contributed by atoms with Crippen LogP contribution in [-0.2, 0) is 0 Å². The summed E-state index contributed by atoms with van der Waals surface area (Å²) in [5, 5.41) is 11.7. The molecule has 0 radical (unpaired) electrons. The number of nitriles is 1. The zero-order valence-electron chi connectivity index (χ0n) is 8.71. The summed E-state index contributed by atoms with van der Waals surface area (Å²) in [7, 11) is 0. The first-order chi connectivity index (χ1) is 7.60. The third kappa shape index (κ3) is 3.37. The minimum absolute atomic E-state index is 0.599. The van der Waals surface area contributed by atoms with Crippen LogP contribution >= 0.6 is 50.3 Å². The molecule has 0 aliphatic heterocycles. The number of thioether (sulfide) groups is 1. The van der Waals surface area contributed by atoms with Crippen molar-refractivity contribution < 1.29 is 0 Å². The van der Waals surface area contributed by atoms with E-state index in [9.17, 15) is 0 Å². The van der Waals surface area contributed by atoms with Crippen LogP contribution in [0.5, 0.6) is 0 Å². The first-order valence-corrected chi connectivity index (χ1v) is 7.42. The summed E-state index contributed by atoms with van der Waals surface area (Å²) in [6.45, 7) is 2.03. The standard InChI is InChI=1S/C10H9BrIN3S/c1-6-7(11)3-4-8(9(6)12)15-10(16-2)14-5-13/h3-4H,1-2H3,(H,14,15). The third-order valence-corrected chi connectivity index (χ3v) is 4.68. The van der Waals surface area contributed by atoms with Gasteiger partial charge in [0.15, 0.2) is 11.4 Å². The molecule has 0 aliphatic carbocycles. The van der Waals surface area contributed by atoms with E-state index in [0.29, 0.717) is 5.17 Å². The van der Waals surface area contributed by atoms with Crippen molar-refractivity contribution in [1.29, 1.82) is 5.26 Å². The molecule has 0 fully saturated rings. The number of rotatable bonds is 1. The molecule has 16 heavy (non-hydrogen) atoms. The van der Waals surface area contributed by atoms with Crippen LogP contribution in [0, 0.1) is 21.9 Å². The molecule has 0 unspecified atom stereocenters. The highest BCUT2D eigenvalue weighted by Gasteiger charge is 2.06. The zero-order valence-corrected chi connectivity index (χ0v) is 13.3. The Balaban J connectivity index is 3.15. The molecule has 0 spiro atoms. The second-order valence-electron chi connectivity index (χ2n) is 2.86. The average molecular weight is 410 g/mol. The summed E-state index contributed by atoms with van der Waals surface area (Å²) >= 11 is 7.13. The summed E-state index contributed by atoms with van der Waals surface area (Å²) in [6, 6.07) is 3.88. The Hall–Kier alpha value is -0.260. The lowest BCUT2D eigenvalue weighted by atomic mass is 10.2. The van der Waals surface area contributed by atoms with Gasteiger partial charge in [-0.05, 0) is 53.5 Å². The van der Waals surface area contributed by atoms with E-state index in [1.807, 2.05) is 31.5 Å². The number of benzene rings is 1. The molecule has 84 valence electrons. The highest BCUT2D eigenvalue weighted by molar-refractivity contribution is 14.1. The van der Waals surface area contributed by atoms with Gasteiger partial charge in [-0.15, -0.1) is 0 Å². The molecule has 1 rings (SSSR count). The Morgan fingerprint density at radius 1 is 1.62 bits per heavy atom. The summed E-state index contributed by atoms with van der Waals surface area (Å²) in [5.74, 6) is 0. The fourth-order valence-electron chi connectivity index (χ4n) is 1.02. The molecule has 0 bridgehead atoms. The van der Waals surface area contributed by atoms with E-state index in [0.717, 1.165) is 19.3 Å². The molecule has 0 aromatic heterocycles. The maximum absolute atomic E-state index is 8.55. The minimum Gasteiger partial charge on any atom is -0.271 e. The number of nitrogens with one attached hydrogen (secondary N) is 1. The highest BCUT2D eigenvalue weighted by Crippen LogP contribution is 2.30. The monoisotopic (exact) mass is 409 g/mol. The fraction of sp³-hybridized carbons (Fsp3) is 0.200. The summed E-state index contributed by atoms with van der Waals surface area (Å²) in [5.41, 5.74) is 2.02. The molecule has 1 aromatic carbocycles. The molecule has 0 saturated carbocycles. The van der Waals surface area contributed by atoms with Crippen molar-refractivity contribution >= 4 is 61.1 Å². The molecule has 0 saturated heterocycles. The molecule has 0 aliphatic rings. The third-order valence-electron chi connectivity index (χ3n) is 1.88. The van der Waals surface area contributed by atoms with Crippen LogP contribution in [0.1, 0.15) is 5.56 Å². The summed E-state index contributed by atoms with van der Waals surface area (Å²) < 4.78 is 2.15. The highest BCUT2D eigenvalue weighted by atomic mass is 127. The molecule has 0 atom stereocenters. The van der Waals surface area contributed by atoms with Crippen LogP contribution in [0.3, 0.4) is 0 Å². The van der Waals surface area contributed by atoms with Crippen molar-refractivity contribution in [2.24, 2.45) is 4.99 Å². The normalized spacial score (nSPS) is 11.1. The number of hydrogen-bond donors (Lipinski definition) is 1. The van der Waals surface area contributed by atoms with Gasteiger partial charge in [-0.1, -0.05) is 27.7 Å². The van der Waals surface area contributed by atoms with E-state index in [2.05, 4.69) is 48.8 Å². The van der Waals surface area contributed by atoms with Crippen LogP contribution in [0.4, 0.5) is 5.69 Å². The molecule has 0 amide bonds. The smallest absolute Gasteiger partial charge is 0.183 e. The Morgan fingerprint density at radius 3 is 2.88 bits per heavy atom. The lowest BCUT2D eigenvalue weighted by molar-refractivity contribution is 1.27. The number of nitrogens with zero attached hydrogens (tertiary/aromatic N) is 2. The van der Waals surface area contributed by atoms with Crippen LogP contribution < -0.4 is 5.32 Å². The predicted molar refractivity (Wildman–Crippen MR) is 81.0 cm³/mol. The van der Waals surface area contributed by atoms with Gasteiger partial charge in [-0.2, -0.15) is 5.26 Å². The van der Waals surface area contributed by atoms with Crippen LogP contribution in [-0.4, -0.2) is 11.4 Å². The van der Waals surface area contributed by atoms with Gasteiger partial charge in [0.05, 0.1) is 5.69 Å². The quantitative estimate of drug-likeness (QED) is 0.252. The Bertz CT molecular complexity index is 468. The topological polar surface area (TPSA) is 48.2 Å². The number of halogens is 2. The van der Waals surface area contributed by atoms with Gasteiger partial charge in [0.1, 0.15) is 0 Å². The van der Waals surface area contributed by atoms with E-state index in [1.54, 1.807) is 0 Å². The largest absolute Gasteiger partial charge is 0.271 e. The summed E-state index contributed by atoms with van der Waals surface area (Å²) in [4.78, 5) is 4.39. The van der Waals surface area contributed by atoms with Gasteiger partial charge in [0, 0.05) is 8.04 Å². The Kier molecular flexibility index (Phi) is 5.58. The van der Waals surface area contributed by atoms with Gasteiger partial charge in [0.25, 0.3) is 0 Å². The second-order valence-corrected chi connectivity index (χ2v) is 5.59. The SMILES string of the molecule is CSC(=Nc1ccc(Br)c(C)c1I)NC#N. The van der Waals surface area contributed by atoms with Crippen molar-refractivity contribution in [2.45, 2.75) is 6.92 Å². The average Bonchev–Trinajstić information content (AvgIpc) is 2.29. The van der Waals surface area contributed by atoms with Gasteiger partial charge >= 0.3 is 0 Å². The van der Waals surface area contributed by atoms with Crippen molar-refractivity contribution in [3.8, 4) is 6.19 Å². The van der Waals surface area contributed by atoms with E-state index < -0.39 is 0 Å². The number of amidine groups is 1. The van der Waals surface area contributed by atoms with Crippen molar-refractivity contribution in [2.75, 3.05) is 6.26 Å². The zero-order chi connectivity index (χ0) is 12.1. The van der Waals surface area contributed by atoms with Gasteiger partial charge in [0.2, 0.25) is 0 Å². The van der Waals surface area contributed by atoms with Crippen LogP contribution in [0.25, 0.3) is 0 Å². The second kappa shape index (κ2) is 6.47. The lowest BCUT2D eigenvalue weighted by Gasteiger charge is -2.06. The minimum atomic E-state index is 0.599.